The van der Waals surface area contributed by atoms with E-state index >= 15 is 0 Å². The molecule has 0 aliphatic carbocycles. The molecule has 0 heterocycles. The minimum Gasteiger partial charge on any atom is -0.103 e. The SMILES string of the molecule is C=CCC/C(C)=C\C(C)C. The van der Waals surface area contributed by atoms with Gasteiger partial charge in [0.15, 0.2) is 0 Å². The Bertz CT molecular complexity index is 118. The van der Waals surface area contributed by atoms with Gasteiger partial charge in [-0.3, -0.25) is 0 Å². The first kappa shape index (κ1) is 9.48. The molecule has 0 bridgehead atoms. The van der Waals surface area contributed by atoms with Gasteiger partial charge in [0, 0.05) is 0 Å². The Balaban J connectivity index is 3.59. The second-order valence-electron chi connectivity index (χ2n) is 3.08. The van der Waals surface area contributed by atoms with Crippen LogP contribution in [0.15, 0.2) is 24.3 Å². The highest BCUT2D eigenvalue weighted by molar-refractivity contribution is 5.00. The van der Waals surface area contributed by atoms with E-state index in [0.717, 1.165) is 6.42 Å². The molecule has 0 atom stereocenters. The smallest absolute Gasteiger partial charge is 0.0288 e. The zero-order valence-corrected chi connectivity index (χ0v) is 7.35. The Morgan fingerprint density at radius 3 is 2.50 bits per heavy atom. The van der Waals surface area contributed by atoms with Crippen LogP contribution in [-0.4, -0.2) is 0 Å². The third-order valence-electron chi connectivity index (χ3n) is 1.36. The van der Waals surface area contributed by atoms with Crippen molar-refractivity contribution in [2.24, 2.45) is 5.92 Å². The summed E-state index contributed by atoms with van der Waals surface area (Å²) in [7, 11) is 0. The van der Waals surface area contributed by atoms with Gasteiger partial charge in [-0.15, -0.1) is 6.58 Å². The van der Waals surface area contributed by atoms with Gasteiger partial charge >= 0.3 is 0 Å². The average molecular weight is 138 g/mol. The zero-order chi connectivity index (χ0) is 7.98. The fraction of sp³-hybridized carbons (Fsp3) is 0.600. The Kier molecular flexibility index (Phi) is 5.00. The molecule has 0 N–H and O–H groups in total. The third-order valence-corrected chi connectivity index (χ3v) is 1.36. The van der Waals surface area contributed by atoms with Crippen molar-refractivity contribution in [2.45, 2.75) is 33.6 Å². The van der Waals surface area contributed by atoms with E-state index in [2.05, 4.69) is 33.4 Å². The lowest BCUT2D eigenvalue weighted by Crippen LogP contribution is -1.82. The van der Waals surface area contributed by atoms with Crippen molar-refractivity contribution in [1.29, 1.82) is 0 Å². The Morgan fingerprint density at radius 2 is 2.10 bits per heavy atom. The van der Waals surface area contributed by atoms with Gasteiger partial charge in [0.2, 0.25) is 0 Å². The van der Waals surface area contributed by atoms with E-state index in [0.29, 0.717) is 5.92 Å². The highest BCUT2D eigenvalue weighted by Gasteiger charge is 1.89. The van der Waals surface area contributed by atoms with Crippen LogP contribution in [0.3, 0.4) is 0 Å². The predicted molar refractivity (Wildman–Crippen MR) is 48.0 cm³/mol. The molecule has 0 radical (unpaired) electrons. The molecule has 0 aromatic rings. The van der Waals surface area contributed by atoms with Crippen LogP contribution in [0.5, 0.6) is 0 Å². The van der Waals surface area contributed by atoms with E-state index in [9.17, 15) is 0 Å². The summed E-state index contributed by atoms with van der Waals surface area (Å²) in [4.78, 5) is 0. The van der Waals surface area contributed by atoms with Gasteiger partial charge in [-0.25, -0.2) is 0 Å². The third kappa shape index (κ3) is 5.61. The van der Waals surface area contributed by atoms with E-state index in [-0.39, 0.29) is 0 Å². The van der Waals surface area contributed by atoms with E-state index in [1.807, 2.05) is 6.08 Å². The van der Waals surface area contributed by atoms with Crippen molar-refractivity contribution < 1.29 is 0 Å². The Morgan fingerprint density at radius 1 is 1.50 bits per heavy atom. The predicted octanol–water partition coefficient (Wildman–Crippen LogP) is 3.55. The highest BCUT2D eigenvalue weighted by atomic mass is 14.0. The van der Waals surface area contributed by atoms with Crippen LogP contribution in [0.2, 0.25) is 0 Å². The molecule has 0 fully saturated rings. The molecule has 0 unspecified atom stereocenters. The quantitative estimate of drug-likeness (QED) is 0.521. The minimum atomic E-state index is 0.685. The lowest BCUT2D eigenvalue weighted by molar-refractivity contribution is 0.807. The van der Waals surface area contributed by atoms with Crippen molar-refractivity contribution in [3.05, 3.63) is 24.3 Å². The molecule has 0 rings (SSSR count). The summed E-state index contributed by atoms with van der Waals surface area (Å²) in [6.45, 7) is 10.3. The van der Waals surface area contributed by atoms with E-state index in [1.165, 1.54) is 12.0 Å². The lowest BCUT2D eigenvalue weighted by Gasteiger charge is -1.99. The average Bonchev–Trinajstić information content (AvgIpc) is 1.82. The number of allylic oxidation sites excluding steroid dienone is 3. The summed E-state index contributed by atoms with van der Waals surface area (Å²) >= 11 is 0. The first-order valence-corrected chi connectivity index (χ1v) is 3.95. The Hall–Kier alpha value is -0.520. The van der Waals surface area contributed by atoms with Crippen molar-refractivity contribution >= 4 is 0 Å². The summed E-state index contributed by atoms with van der Waals surface area (Å²) in [6.07, 6.45) is 6.55. The fourth-order valence-corrected chi connectivity index (χ4v) is 0.982. The molecule has 0 aromatic heterocycles. The standard InChI is InChI=1S/C10H18/c1-5-6-7-10(4)8-9(2)3/h5,8-9H,1,6-7H2,2-4H3/b10-8-. The molecule has 0 aliphatic heterocycles. The largest absolute Gasteiger partial charge is 0.103 e. The molecule has 0 heteroatoms. The lowest BCUT2D eigenvalue weighted by atomic mass is 10.1. The van der Waals surface area contributed by atoms with Crippen molar-refractivity contribution in [2.75, 3.05) is 0 Å². The molecule has 58 valence electrons. The molecule has 0 saturated heterocycles. The molecule has 0 aliphatic rings. The van der Waals surface area contributed by atoms with Crippen LogP contribution in [0, 0.1) is 5.92 Å². The molecule has 10 heavy (non-hydrogen) atoms. The van der Waals surface area contributed by atoms with Gasteiger partial charge in [0.25, 0.3) is 0 Å². The molecule has 0 spiro atoms. The maximum absolute atomic E-state index is 3.68. The zero-order valence-electron chi connectivity index (χ0n) is 7.35. The highest BCUT2D eigenvalue weighted by Crippen LogP contribution is 2.07. The van der Waals surface area contributed by atoms with E-state index < -0.39 is 0 Å². The summed E-state index contributed by atoms with van der Waals surface area (Å²) < 4.78 is 0. The summed E-state index contributed by atoms with van der Waals surface area (Å²) in [6, 6.07) is 0. The number of hydrogen-bond donors (Lipinski definition) is 0. The van der Waals surface area contributed by atoms with E-state index in [1.54, 1.807) is 0 Å². The second-order valence-corrected chi connectivity index (χ2v) is 3.08. The van der Waals surface area contributed by atoms with Crippen LogP contribution < -0.4 is 0 Å². The van der Waals surface area contributed by atoms with Gasteiger partial charge in [0.05, 0.1) is 0 Å². The second kappa shape index (κ2) is 5.28. The van der Waals surface area contributed by atoms with Gasteiger partial charge in [-0.05, 0) is 25.7 Å². The van der Waals surface area contributed by atoms with Gasteiger partial charge in [0.1, 0.15) is 0 Å². The van der Waals surface area contributed by atoms with Gasteiger partial charge in [-0.2, -0.15) is 0 Å². The van der Waals surface area contributed by atoms with Crippen LogP contribution in [-0.2, 0) is 0 Å². The molecule has 0 nitrogen and oxygen atoms in total. The molecule has 0 aromatic carbocycles. The maximum Gasteiger partial charge on any atom is -0.0288 e. The summed E-state index contributed by atoms with van der Waals surface area (Å²) in [5.74, 6) is 0.685. The van der Waals surface area contributed by atoms with Gasteiger partial charge < -0.3 is 0 Å². The van der Waals surface area contributed by atoms with Crippen molar-refractivity contribution in [3.63, 3.8) is 0 Å². The first-order valence-electron chi connectivity index (χ1n) is 3.95. The minimum absolute atomic E-state index is 0.685. The molecular weight excluding hydrogens is 120 g/mol. The maximum atomic E-state index is 3.68. The Labute approximate surface area is 64.6 Å². The van der Waals surface area contributed by atoms with Crippen LogP contribution in [0.4, 0.5) is 0 Å². The van der Waals surface area contributed by atoms with Gasteiger partial charge in [-0.1, -0.05) is 31.6 Å². The van der Waals surface area contributed by atoms with Crippen LogP contribution in [0.1, 0.15) is 33.6 Å². The fourth-order valence-electron chi connectivity index (χ4n) is 0.982. The van der Waals surface area contributed by atoms with Crippen molar-refractivity contribution in [3.8, 4) is 0 Å². The summed E-state index contributed by atoms with van der Waals surface area (Å²) in [5, 5.41) is 0. The normalized spacial score (nSPS) is 12.2. The number of hydrogen-bond acceptors (Lipinski definition) is 0. The first-order chi connectivity index (χ1) is 4.66. The van der Waals surface area contributed by atoms with Crippen molar-refractivity contribution in [1.82, 2.24) is 0 Å². The molecule has 0 amide bonds. The monoisotopic (exact) mass is 138 g/mol. The number of rotatable bonds is 4. The van der Waals surface area contributed by atoms with Crippen LogP contribution in [0.25, 0.3) is 0 Å². The topological polar surface area (TPSA) is 0 Å². The van der Waals surface area contributed by atoms with Crippen LogP contribution >= 0.6 is 0 Å². The molecular formula is C10H18. The summed E-state index contributed by atoms with van der Waals surface area (Å²) in [5.41, 5.74) is 1.48. The van der Waals surface area contributed by atoms with E-state index in [4.69, 9.17) is 0 Å². The molecule has 0 saturated carbocycles.